The Balaban J connectivity index is 1.51. The molecule has 0 saturated carbocycles. The van der Waals surface area contributed by atoms with Gasteiger partial charge in [-0.05, 0) is 55.0 Å². The summed E-state index contributed by atoms with van der Waals surface area (Å²) in [6.07, 6.45) is 4.16. The molecule has 0 bridgehead atoms. The van der Waals surface area contributed by atoms with E-state index in [-0.39, 0.29) is 11.3 Å². The second-order valence-corrected chi connectivity index (χ2v) is 9.54. The second-order valence-electron chi connectivity index (χ2n) is 7.60. The Bertz CT molecular complexity index is 1130. The maximum absolute atomic E-state index is 13.1. The van der Waals surface area contributed by atoms with Crippen molar-refractivity contribution < 1.29 is 13.3 Å². The van der Waals surface area contributed by atoms with E-state index in [0.29, 0.717) is 36.8 Å². The molecule has 0 unspecified atom stereocenters. The molecule has 156 valence electrons. The van der Waals surface area contributed by atoms with E-state index in [0.717, 1.165) is 31.2 Å². The highest BCUT2D eigenvalue weighted by atomic mass is 32.2. The highest BCUT2D eigenvalue weighted by Crippen LogP contribution is 2.29. The minimum absolute atomic E-state index is 0.135. The molecule has 0 amide bonds. The molecule has 1 heterocycles. The molecule has 1 aliphatic carbocycles. The van der Waals surface area contributed by atoms with Crippen LogP contribution in [0.4, 0.5) is 11.4 Å². The van der Waals surface area contributed by atoms with Crippen LogP contribution >= 0.6 is 0 Å². The number of benzene rings is 2. The SMILES string of the molecule is N#Cc1cc([N+](=O)[O-])ccc1N1CCN(S(=O)(=O)c2ccc3c(c2)CCCC3)CC1. The summed E-state index contributed by atoms with van der Waals surface area (Å²) >= 11 is 0. The number of sulfonamides is 1. The Morgan fingerprint density at radius 3 is 2.33 bits per heavy atom. The number of hydrogen-bond acceptors (Lipinski definition) is 6. The lowest BCUT2D eigenvalue weighted by molar-refractivity contribution is -0.384. The van der Waals surface area contributed by atoms with Crippen molar-refractivity contribution in [1.29, 1.82) is 5.26 Å². The van der Waals surface area contributed by atoms with Gasteiger partial charge in [-0.1, -0.05) is 6.07 Å². The number of hydrogen-bond donors (Lipinski definition) is 0. The molecule has 8 nitrogen and oxygen atoms in total. The molecule has 0 aromatic heterocycles. The van der Waals surface area contributed by atoms with E-state index >= 15 is 0 Å². The number of nitro groups is 1. The number of nitrogens with zero attached hydrogens (tertiary/aromatic N) is 4. The molecule has 0 spiro atoms. The summed E-state index contributed by atoms with van der Waals surface area (Å²) < 4.78 is 27.8. The van der Waals surface area contributed by atoms with Gasteiger partial charge in [-0.3, -0.25) is 10.1 Å². The van der Waals surface area contributed by atoms with Gasteiger partial charge in [0.2, 0.25) is 10.0 Å². The lowest BCUT2D eigenvalue weighted by atomic mass is 9.92. The fraction of sp³-hybridized carbons (Fsp3) is 0.381. The quantitative estimate of drug-likeness (QED) is 0.550. The van der Waals surface area contributed by atoms with Crippen LogP contribution in [0, 0.1) is 21.4 Å². The Morgan fingerprint density at radius 2 is 1.67 bits per heavy atom. The summed E-state index contributed by atoms with van der Waals surface area (Å²) in [6.45, 7) is 1.41. The fourth-order valence-electron chi connectivity index (χ4n) is 4.19. The normalized spacial score (nSPS) is 17.2. The summed E-state index contributed by atoms with van der Waals surface area (Å²) in [4.78, 5) is 12.7. The third-order valence-corrected chi connectivity index (χ3v) is 7.74. The molecule has 1 fully saturated rings. The van der Waals surface area contributed by atoms with E-state index in [1.807, 2.05) is 23.1 Å². The van der Waals surface area contributed by atoms with Gasteiger partial charge in [0.05, 0.1) is 21.1 Å². The van der Waals surface area contributed by atoms with Crippen LogP contribution in [-0.4, -0.2) is 43.8 Å². The summed E-state index contributed by atoms with van der Waals surface area (Å²) in [5.74, 6) is 0. The maximum atomic E-state index is 13.1. The van der Waals surface area contributed by atoms with E-state index in [4.69, 9.17) is 0 Å². The van der Waals surface area contributed by atoms with Crippen LogP contribution in [0.3, 0.4) is 0 Å². The van der Waals surface area contributed by atoms with E-state index in [2.05, 4.69) is 0 Å². The first-order valence-corrected chi connectivity index (χ1v) is 11.4. The summed E-state index contributed by atoms with van der Waals surface area (Å²) in [5, 5.41) is 20.3. The van der Waals surface area contributed by atoms with Gasteiger partial charge in [0.1, 0.15) is 6.07 Å². The molecule has 2 aromatic carbocycles. The van der Waals surface area contributed by atoms with Gasteiger partial charge >= 0.3 is 0 Å². The van der Waals surface area contributed by atoms with Crippen molar-refractivity contribution in [3.8, 4) is 6.07 Å². The molecule has 0 atom stereocenters. The van der Waals surface area contributed by atoms with E-state index in [1.165, 1.54) is 22.0 Å². The molecule has 2 aromatic rings. The molecule has 1 saturated heterocycles. The van der Waals surface area contributed by atoms with E-state index < -0.39 is 14.9 Å². The Hall–Kier alpha value is -2.96. The van der Waals surface area contributed by atoms with Crippen molar-refractivity contribution in [3.63, 3.8) is 0 Å². The molecule has 0 N–H and O–H groups in total. The van der Waals surface area contributed by atoms with Crippen molar-refractivity contribution in [1.82, 2.24) is 4.31 Å². The number of anilines is 1. The van der Waals surface area contributed by atoms with Gasteiger partial charge in [0.25, 0.3) is 5.69 Å². The predicted molar refractivity (Wildman–Crippen MR) is 112 cm³/mol. The average Bonchev–Trinajstić information content (AvgIpc) is 2.78. The largest absolute Gasteiger partial charge is 0.368 e. The zero-order chi connectivity index (χ0) is 21.3. The van der Waals surface area contributed by atoms with Crippen molar-refractivity contribution in [2.24, 2.45) is 0 Å². The minimum atomic E-state index is -3.58. The summed E-state index contributed by atoms with van der Waals surface area (Å²) in [7, 11) is -3.58. The molecule has 4 rings (SSSR count). The zero-order valence-corrected chi connectivity index (χ0v) is 17.3. The Morgan fingerprint density at radius 1 is 0.967 bits per heavy atom. The molecule has 9 heteroatoms. The van der Waals surface area contributed by atoms with Crippen LogP contribution < -0.4 is 4.90 Å². The molecule has 0 radical (unpaired) electrons. The highest BCUT2D eigenvalue weighted by molar-refractivity contribution is 7.89. The zero-order valence-electron chi connectivity index (χ0n) is 16.5. The van der Waals surface area contributed by atoms with Crippen molar-refractivity contribution in [2.45, 2.75) is 30.6 Å². The number of non-ortho nitro benzene ring substituents is 1. The first-order valence-electron chi connectivity index (χ1n) is 9.95. The number of rotatable bonds is 4. The predicted octanol–water partition coefficient (Wildman–Crippen LogP) is 2.86. The first-order chi connectivity index (χ1) is 14.4. The van der Waals surface area contributed by atoms with Gasteiger partial charge in [0, 0.05) is 38.3 Å². The molecular formula is C21H22N4O4S. The van der Waals surface area contributed by atoms with Crippen LogP contribution in [0.1, 0.15) is 29.5 Å². The van der Waals surface area contributed by atoms with Gasteiger partial charge in [-0.15, -0.1) is 0 Å². The van der Waals surface area contributed by atoms with Crippen LogP contribution in [0.25, 0.3) is 0 Å². The topological polar surface area (TPSA) is 108 Å². The van der Waals surface area contributed by atoms with Crippen LogP contribution in [0.2, 0.25) is 0 Å². The highest BCUT2D eigenvalue weighted by Gasteiger charge is 2.30. The standard InChI is InChI=1S/C21H22N4O4S/c22-15-18-13-19(25(26)27)6-8-21(18)23-9-11-24(12-10-23)30(28,29)20-7-5-16-3-1-2-4-17(16)14-20/h5-8,13-14H,1-4,9-12H2. The number of nitriles is 1. The van der Waals surface area contributed by atoms with Crippen molar-refractivity contribution >= 4 is 21.4 Å². The lowest BCUT2D eigenvalue weighted by Crippen LogP contribution is -2.48. The maximum Gasteiger partial charge on any atom is 0.270 e. The van der Waals surface area contributed by atoms with Crippen LogP contribution in [-0.2, 0) is 22.9 Å². The van der Waals surface area contributed by atoms with Crippen LogP contribution in [0.5, 0.6) is 0 Å². The first kappa shape index (κ1) is 20.3. The smallest absolute Gasteiger partial charge is 0.270 e. The van der Waals surface area contributed by atoms with Gasteiger partial charge in [0.15, 0.2) is 0 Å². The lowest BCUT2D eigenvalue weighted by Gasteiger charge is -2.35. The van der Waals surface area contributed by atoms with Crippen LogP contribution in [0.15, 0.2) is 41.3 Å². The van der Waals surface area contributed by atoms with Gasteiger partial charge in [-0.2, -0.15) is 9.57 Å². The van der Waals surface area contributed by atoms with Gasteiger partial charge < -0.3 is 4.90 Å². The van der Waals surface area contributed by atoms with E-state index in [1.54, 1.807) is 12.1 Å². The number of fused-ring (bicyclic) bond motifs is 1. The monoisotopic (exact) mass is 426 g/mol. The number of aryl methyl sites for hydroxylation is 2. The third-order valence-electron chi connectivity index (χ3n) is 5.85. The number of piperazine rings is 1. The minimum Gasteiger partial charge on any atom is -0.368 e. The Labute approximate surface area is 175 Å². The fourth-order valence-corrected chi connectivity index (χ4v) is 5.66. The molecule has 2 aliphatic rings. The molecule has 30 heavy (non-hydrogen) atoms. The van der Waals surface area contributed by atoms with Gasteiger partial charge in [-0.25, -0.2) is 8.42 Å². The Kier molecular flexibility index (Phi) is 5.45. The van der Waals surface area contributed by atoms with E-state index in [9.17, 15) is 23.8 Å². The molecular weight excluding hydrogens is 404 g/mol. The summed E-state index contributed by atoms with van der Waals surface area (Å²) in [5.41, 5.74) is 3.05. The third kappa shape index (κ3) is 3.76. The second kappa shape index (κ2) is 8.05. The molecule has 1 aliphatic heterocycles. The average molecular weight is 426 g/mol. The van der Waals surface area contributed by atoms with Crippen molar-refractivity contribution in [2.75, 3.05) is 31.1 Å². The number of nitro benzene ring substituents is 1. The van der Waals surface area contributed by atoms with Crippen molar-refractivity contribution in [3.05, 3.63) is 63.2 Å². The summed E-state index contributed by atoms with van der Waals surface area (Å²) in [6, 6.07) is 11.7.